The number of anilines is 3. The minimum absolute atomic E-state index is 0.263. The number of nitrogens with one attached hydrogen (secondary N) is 3. The van der Waals surface area contributed by atoms with Crippen molar-refractivity contribution in [1.82, 2.24) is 9.78 Å². The molecule has 8 heteroatoms. The highest BCUT2D eigenvalue weighted by Gasteiger charge is 2.35. The number of benzene rings is 3. The number of carbonyl (C=O) groups excluding carboxylic acids is 2. The second kappa shape index (κ2) is 10.6. The van der Waals surface area contributed by atoms with Crippen molar-refractivity contribution in [1.29, 1.82) is 0 Å². The lowest BCUT2D eigenvalue weighted by molar-refractivity contribution is -0.113. The van der Waals surface area contributed by atoms with Gasteiger partial charge in [-0.2, -0.15) is 5.10 Å². The van der Waals surface area contributed by atoms with Crippen LogP contribution >= 0.6 is 0 Å². The first-order valence-electron chi connectivity index (χ1n) is 12.4. The van der Waals surface area contributed by atoms with Crippen molar-refractivity contribution < 1.29 is 14.3 Å². The Morgan fingerprint density at radius 3 is 2.24 bits per heavy atom. The Morgan fingerprint density at radius 2 is 1.58 bits per heavy atom. The van der Waals surface area contributed by atoms with Crippen LogP contribution in [0.5, 0.6) is 5.75 Å². The molecule has 1 aromatic heterocycles. The Labute approximate surface area is 221 Å². The monoisotopic (exact) mass is 507 g/mol. The minimum Gasteiger partial charge on any atom is -0.497 e. The maximum atomic E-state index is 13.7. The molecule has 0 bridgehead atoms. The molecule has 2 heterocycles. The van der Waals surface area contributed by atoms with Crippen LogP contribution in [0.1, 0.15) is 41.4 Å². The summed E-state index contributed by atoms with van der Waals surface area (Å²) in [7, 11) is 1.60. The molecule has 1 aliphatic rings. The number of rotatable bonds is 7. The fourth-order valence-electron chi connectivity index (χ4n) is 4.55. The zero-order valence-electron chi connectivity index (χ0n) is 21.5. The Morgan fingerprint density at radius 1 is 0.921 bits per heavy atom. The smallest absolute Gasteiger partial charge is 0.261 e. The van der Waals surface area contributed by atoms with Crippen LogP contribution in [0, 0.1) is 0 Å². The zero-order valence-corrected chi connectivity index (χ0v) is 21.5. The van der Waals surface area contributed by atoms with E-state index in [2.05, 4.69) is 40.1 Å². The van der Waals surface area contributed by atoms with Gasteiger partial charge in [0.2, 0.25) is 0 Å². The molecule has 3 aromatic carbocycles. The van der Waals surface area contributed by atoms with Crippen molar-refractivity contribution >= 4 is 29.0 Å². The van der Waals surface area contributed by atoms with E-state index in [0.29, 0.717) is 39.8 Å². The average molecular weight is 508 g/mol. The number of aromatic nitrogens is 2. The molecule has 0 saturated heterocycles. The van der Waals surface area contributed by atoms with Crippen molar-refractivity contribution in [3.63, 3.8) is 0 Å². The summed E-state index contributed by atoms with van der Waals surface area (Å²) in [5.41, 5.74) is 4.95. The molecule has 38 heavy (non-hydrogen) atoms. The first-order chi connectivity index (χ1) is 18.5. The number of fused-ring (bicyclic) bond motifs is 1. The Bertz CT molecular complexity index is 1490. The molecular formula is C30H29N5O3. The lowest BCUT2D eigenvalue weighted by Crippen LogP contribution is -2.32. The van der Waals surface area contributed by atoms with Crippen LogP contribution in [-0.4, -0.2) is 28.7 Å². The number of nitrogens with zero attached hydrogens (tertiary/aromatic N) is 2. The molecule has 0 saturated carbocycles. The largest absolute Gasteiger partial charge is 0.497 e. The van der Waals surface area contributed by atoms with Crippen LogP contribution in [-0.2, 0) is 11.2 Å². The Kier molecular flexibility index (Phi) is 6.95. The average Bonchev–Trinajstić information content (AvgIpc) is 3.37. The molecular weight excluding hydrogens is 478 g/mol. The van der Waals surface area contributed by atoms with Gasteiger partial charge >= 0.3 is 0 Å². The fourth-order valence-corrected chi connectivity index (χ4v) is 4.55. The van der Waals surface area contributed by atoms with Crippen LogP contribution in [0.2, 0.25) is 0 Å². The quantitative estimate of drug-likeness (QED) is 0.301. The zero-order chi connectivity index (χ0) is 26.6. The number of amides is 2. The summed E-state index contributed by atoms with van der Waals surface area (Å²) in [6.45, 7) is 3.94. The molecule has 8 nitrogen and oxygen atoms in total. The van der Waals surface area contributed by atoms with Crippen molar-refractivity contribution in [2.75, 3.05) is 23.1 Å². The fraction of sp³-hybridized carbons (Fsp3) is 0.167. The van der Waals surface area contributed by atoms with E-state index in [1.165, 1.54) is 11.8 Å². The number of allylic oxidation sites excluding steroid dienone is 1. The molecule has 0 spiro atoms. The number of para-hydroxylation sites is 1. The van der Waals surface area contributed by atoms with E-state index in [4.69, 9.17) is 4.74 Å². The van der Waals surface area contributed by atoms with Crippen LogP contribution in [0.3, 0.4) is 0 Å². The van der Waals surface area contributed by atoms with Crippen molar-refractivity contribution in [3.05, 3.63) is 113 Å². The van der Waals surface area contributed by atoms with E-state index in [9.17, 15) is 9.59 Å². The lowest BCUT2D eigenvalue weighted by Gasteiger charge is -2.30. The summed E-state index contributed by atoms with van der Waals surface area (Å²) >= 11 is 0. The number of methoxy groups -OCH3 is 1. The molecule has 1 aliphatic heterocycles. The van der Waals surface area contributed by atoms with Crippen LogP contribution < -0.4 is 20.7 Å². The SMILES string of the molecule is CCc1ccc(C2C(C(=O)Nc3ccc(OC)cc3)=C(C)Nc3c(C(=O)Nc4ccccc4)cnn32)cc1. The summed E-state index contributed by atoms with van der Waals surface area (Å²) in [6.07, 6.45) is 2.44. The third-order valence-electron chi connectivity index (χ3n) is 6.60. The molecule has 192 valence electrons. The maximum absolute atomic E-state index is 13.7. The predicted octanol–water partition coefficient (Wildman–Crippen LogP) is 5.63. The standard InChI is InChI=1S/C30H29N5O3/c1-4-20-10-12-21(13-11-20)27-26(30(37)34-23-14-16-24(38-3)17-15-23)19(2)32-28-25(18-31-35(27)28)29(36)33-22-8-6-5-7-9-22/h5-18,27,32H,4H2,1-3H3,(H,33,36)(H,34,37). The van der Waals surface area contributed by atoms with E-state index in [0.717, 1.165) is 12.0 Å². The second-order valence-corrected chi connectivity index (χ2v) is 9.02. The summed E-state index contributed by atoms with van der Waals surface area (Å²) < 4.78 is 6.93. The van der Waals surface area contributed by atoms with Gasteiger partial charge < -0.3 is 20.7 Å². The second-order valence-electron chi connectivity index (χ2n) is 9.02. The van der Waals surface area contributed by atoms with Crippen LogP contribution in [0.4, 0.5) is 17.2 Å². The van der Waals surface area contributed by atoms with Gasteiger partial charge in [0.05, 0.1) is 18.9 Å². The first-order valence-corrected chi connectivity index (χ1v) is 12.4. The molecule has 1 unspecified atom stereocenters. The van der Waals surface area contributed by atoms with Gasteiger partial charge in [0.1, 0.15) is 23.2 Å². The lowest BCUT2D eigenvalue weighted by atomic mass is 9.93. The number of hydrogen-bond acceptors (Lipinski definition) is 5. The normalized spacial score (nSPS) is 14.3. The van der Waals surface area contributed by atoms with Gasteiger partial charge in [0.25, 0.3) is 11.8 Å². The first kappa shape index (κ1) is 24.8. The van der Waals surface area contributed by atoms with Gasteiger partial charge in [0.15, 0.2) is 0 Å². The Hall–Kier alpha value is -4.85. The summed E-state index contributed by atoms with van der Waals surface area (Å²) in [5, 5.41) is 13.8. The molecule has 1 atom stereocenters. The molecule has 0 aliphatic carbocycles. The van der Waals surface area contributed by atoms with Gasteiger partial charge in [-0.3, -0.25) is 9.59 Å². The van der Waals surface area contributed by atoms with Gasteiger partial charge in [0, 0.05) is 17.1 Å². The van der Waals surface area contributed by atoms with E-state index >= 15 is 0 Å². The maximum Gasteiger partial charge on any atom is 0.261 e. The van der Waals surface area contributed by atoms with Gasteiger partial charge in [-0.05, 0) is 60.9 Å². The predicted molar refractivity (Wildman–Crippen MR) is 149 cm³/mol. The number of ether oxygens (including phenoxy) is 1. The van der Waals surface area contributed by atoms with Crippen molar-refractivity contribution in [3.8, 4) is 5.75 Å². The minimum atomic E-state index is -0.534. The number of carbonyl (C=O) groups is 2. The molecule has 2 amide bonds. The molecule has 5 rings (SSSR count). The number of hydrogen-bond donors (Lipinski definition) is 3. The van der Waals surface area contributed by atoms with E-state index < -0.39 is 6.04 Å². The molecule has 0 fully saturated rings. The van der Waals surface area contributed by atoms with Crippen LogP contribution in [0.15, 0.2) is 96.3 Å². The van der Waals surface area contributed by atoms with Gasteiger partial charge in [-0.15, -0.1) is 0 Å². The molecule has 0 radical (unpaired) electrons. The van der Waals surface area contributed by atoms with Crippen molar-refractivity contribution in [2.24, 2.45) is 0 Å². The molecule has 4 aromatic rings. The summed E-state index contributed by atoms with van der Waals surface area (Å²) in [4.78, 5) is 26.8. The third-order valence-corrected chi connectivity index (χ3v) is 6.60. The highest BCUT2D eigenvalue weighted by molar-refractivity contribution is 6.09. The van der Waals surface area contributed by atoms with Gasteiger partial charge in [-0.1, -0.05) is 49.4 Å². The van der Waals surface area contributed by atoms with Gasteiger partial charge in [-0.25, -0.2) is 4.68 Å². The molecule has 3 N–H and O–H groups in total. The van der Waals surface area contributed by atoms with Crippen LogP contribution in [0.25, 0.3) is 0 Å². The van der Waals surface area contributed by atoms with E-state index in [-0.39, 0.29) is 11.8 Å². The van der Waals surface area contributed by atoms with E-state index in [1.54, 1.807) is 36.1 Å². The van der Waals surface area contributed by atoms with E-state index in [1.807, 2.05) is 49.4 Å². The Balaban J connectivity index is 1.52. The highest BCUT2D eigenvalue weighted by atomic mass is 16.5. The summed E-state index contributed by atoms with van der Waals surface area (Å²) in [5.74, 6) is 0.681. The third kappa shape index (κ3) is 4.88. The number of aryl methyl sites for hydroxylation is 1. The topological polar surface area (TPSA) is 97.3 Å². The van der Waals surface area contributed by atoms with Crippen molar-refractivity contribution in [2.45, 2.75) is 26.3 Å². The highest BCUT2D eigenvalue weighted by Crippen LogP contribution is 2.38. The summed E-state index contributed by atoms with van der Waals surface area (Å²) in [6, 6.07) is 24.0.